The summed E-state index contributed by atoms with van der Waals surface area (Å²) >= 11 is 0. The molecule has 3 aliphatic rings. The number of benzene rings is 2. The molecule has 5 rings (SSSR count). The Hall–Kier alpha value is -2.93. The van der Waals surface area contributed by atoms with Crippen LogP contribution in [0.1, 0.15) is 43.7 Å². The number of amides is 2. The van der Waals surface area contributed by atoms with Crippen molar-refractivity contribution in [1.29, 1.82) is 0 Å². The van der Waals surface area contributed by atoms with Gasteiger partial charge in [-0.1, -0.05) is 25.0 Å². The molecule has 1 N–H and O–H groups in total. The number of ether oxygens (including phenoxy) is 1. The van der Waals surface area contributed by atoms with Crippen LogP contribution in [0.25, 0.3) is 0 Å². The van der Waals surface area contributed by atoms with Crippen LogP contribution in [0, 0.1) is 5.82 Å². The Bertz CT molecular complexity index is 980. The number of rotatable bonds is 5. The van der Waals surface area contributed by atoms with Crippen LogP contribution >= 0.6 is 0 Å². The molecule has 168 valence electrons. The first-order valence-corrected chi connectivity index (χ1v) is 11.4. The quantitative estimate of drug-likeness (QED) is 0.721. The van der Waals surface area contributed by atoms with Gasteiger partial charge in [-0.15, -0.1) is 0 Å². The fourth-order valence-corrected chi connectivity index (χ4v) is 5.27. The van der Waals surface area contributed by atoms with Gasteiger partial charge in [0, 0.05) is 24.5 Å². The lowest BCUT2D eigenvalue weighted by atomic mass is 9.83. The van der Waals surface area contributed by atoms with E-state index in [0.29, 0.717) is 19.3 Å². The maximum absolute atomic E-state index is 13.5. The van der Waals surface area contributed by atoms with E-state index >= 15 is 0 Å². The lowest BCUT2D eigenvalue weighted by Crippen LogP contribution is -2.64. The minimum absolute atomic E-state index is 0.0148. The normalized spacial score (nSPS) is 22.5. The summed E-state index contributed by atoms with van der Waals surface area (Å²) in [6.45, 7) is 3.16. The van der Waals surface area contributed by atoms with Crippen LogP contribution < -0.4 is 10.2 Å². The summed E-state index contributed by atoms with van der Waals surface area (Å²) in [4.78, 5) is 30.3. The van der Waals surface area contributed by atoms with E-state index in [1.54, 1.807) is 17.0 Å². The zero-order valence-corrected chi connectivity index (χ0v) is 18.1. The van der Waals surface area contributed by atoms with Gasteiger partial charge in [0.05, 0.1) is 25.7 Å². The molecule has 2 aromatic rings. The molecule has 0 aromatic heterocycles. The number of halogens is 1. The van der Waals surface area contributed by atoms with Crippen molar-refractivity contribution in [3.05, 3.63) is 59.9 Å². The van der Waals surface area contributed by atoms with Gasteiger partial charge in [-0.25, -0.2) is 4.39 Å². The van der Waals surface area contributed by atoms with Gasteiger partial charge in [0.15, 0.2) is 0 Å². The third kappa shape index (κ3) is 3.75. The molecule has 1 unspecified atom stereocenters. The van der Waals surface area contributed by atoms with Crippen molar-refractivity contribution < 1.29 is 18.7 Å². The molecule has 0 spiro atoms. The number of carbonyl (C=O) groups excluding carboxylic acids is 2. The van der Waals surface area contributed by atoms with Crippen LogP contribution in [0.4, 0.5) is 15.8 Å². The summed E-state index contributed by atoms with van der Waals surface area (Å²) in [5.74, 6) is -0.451. The van der Waals surface area contributed by atoms with Crippen LogP contribution in [0.5, 0.6) is 0 Å². The Morgan fingerprint density at radius 1 is 1.00 bits per heavy atom. The highest BCUT2D eigenvalue weighted by molar-refractivity contribution is 6.02. The molecule has 1 atom stereocenters. The molecule has 2 aliphatic heterocycles. The van der Waals surface area contributed by atoms with Crippen molar-refractivity contribution in [1.82, 2.24) is 4.90 Å². The first kappa shape index (κ1) is 20.9. The summed E-state index contributed by atoms with van der Waals surface area (Å²) in [5, 5.41) is 3.07. The van der Waals surface area contributed by atoms with E-state index < -0.39 is 5.54 Å². The Balaban J connectivity index is 1.34. The number of morpholine rings is 1. The zero-order valence-electron chi connectivity index (χ0n) is 18.1. The summed E-state index contributed by atoms with van der Waals surface area (Å²) < 4.78 is 18.8. The van der Waals surface area contributed by atoms with E-state index in [1.807, 2.05) is 24.3 Å². The van der Waals surface area contributed by atoms with Gasteiger partial charge in [-0.3, -0.25) is 9.59 Å². The molecule has 0 bridgehead atoms. The Morgan fingerprint density at radius 2 is 1.66 bits per heavy atom. The molecule has 2 amide bonds. The lowest BCUT2D eigenvalue weighted by Gasteiger charge is -2.51. The fraction of sp³-hybridized carbons (Fsp3) is 0.440. The predicted octanol–water partition coefficient (Wildman–Crippen LogP) is 3.89. The molecule has 2 aromatic carbocycles. The molecule has 2 heterocycles. The number of nitrogens with one attached hydrogen (secondary N) is 1. The van der Waals surface area contributed by atoms with Gasteiger partial charge in [0.25, 0.3) is 0 Å². The summed E-state index contributed by atoms with van der Waals surface area (Å²) in [5.41, 5.74) is 1.86. The van der Waals surface area contributed by atoms with Gasteiger partial charge in [-0.2, -0.15) is 0 Å². The van der Waals surface area contributed by atoms with Crippen LogP contribution in [0.3, 0.4) is 0 Å². The van der Waals surface area contributed by atoms with Crippen molar-refractivity contribution >= 4 is 23.2 Å². The van der Waals surface area contributed by atoms with Crippen molar-refractivity contribution in [2.45, 2.75) is 43.7 Å². The number of anilines is 2. The Labute approximate surface area is 187 Å². The van der Waals surface area contributed by atoms with E-state index in [4.69, 9.17) is 4.74 Å². The van der Waals surface area contributed by atoms with Crippen LogP contribution in [-0.4, -0.2) is 48.6 Å². The van der Waals surface area contributed by atoms with Crippen molar-refractivity contribution in [2.75, 3.05) is 36.5 Å². The van der Waals surface area contributed by atoms with E-state index in [2.05, 4.69) is 10.2 Å². The lowest BCUT2D eigenvalue weighted by molar-refractivity contribution is -0.163. The maximum Gasteiger partial charge on any atom is 0.250 e. The molecule has 3 fully saturated rings. The fourth-order valence-electron chi connectivity index (χ4n) is 5.27. The van der Waals surface area contributed by atoms with Gasteiger partial charge in [-0.05, 0) is 54.8 Å². The number of nitrogens with zero attached hydrogens (tertiary/aromatic N) is 2. The number of likely N-dealkylation sites (tertiary alicyclic amines) is 1. The predicted molar refractivity (Wildman–Crippen MR) is 120 cm³/mol. The van der Waals surface area contributed by atoms with Gasteiger partial charge >= 0.3 is 0 Å². The van der Waals surface area contributed by atoms with Crippen molar-refractivity contribution in [3.63, 3.8) is 0 Å². The highest BCUT2D eigenvalue weighted by Gasteiger charge is 2.55. The van der Waals surface area contributed by atoms with E-state index in [1.165, 1.54) is 12.1 Å². The third-order valence-corrected chi connectivity index (χ3v) is 7.02. The highest BCUT2D eigenvalue weighted by atomic mass is 19.1. The summed E-state index contributed by atoms with van der Waals surface area (Å²) in [7, 11) is 0. The number of hydrogen-bond acceptors (Lipinski definition) is 4. The smallest absolute Gasteiger partial charge is 0.250 e. The van der Waals surface area contributed by atoms with E-state index in [0.717, 1.165) is 56.1 Å². The van der Waals surface area contributed by atoms with E-state index in [-0.39, 0.29) is 23.7 Å². The number of carbonyl (C=O) groups is 2. The van der Waals surface area contributed by atoms with Crippen molar-refractivity contribution in [3.8, 4) is 0 Å². The molecule has 0 radical (unpaired) electrons. The second-order valence-corrected chi connectivity index (χ2v) is 8.87. The van der Waals surface area contributed by atoms with Crippen LogP contribution in [0.2, 0.25) is 0 Å². The molecular formula is C25H28FN3O3. The van der Waals surface area contributed by atoms with Crippen LogP contribution in [-0.2, 0) is 14.3 Å². The Morgan fingerprint density at radius 3 is 2.28 bits per heavy atom. The molecule has 7 heteroatoms. The third-order valence-electron chi connectivity index (χ3n) is 7.02. The van der Waals surface area contributed by atoms with Gasteiger partial charge in [0.2, 0.25) is 11.8 Å². The largest absolute Gasteiger partial charge is 0.378 e. The maximum atomic E-state index is 13.5. The van der Waals surface area contributed by atoms with Crippen molar-refractivity contribution in [2.24, 2.45) is 0 Å². The summed E-state index contributed by atoms with van der Waals surface area (Å²) in [6, 6.07) is 13.9. The molecule has 1 saturated carbocycles. The zero-order chi connectivity index (χ0) is 22.1. The molecule has 6 nitrogen and oxygen atoms in total. The first-order chi connectivity index (χ1) is 15.6. The molecular weight excluding hydrogens is 409 g/mol. The molecule has 1 aliphatic carbocycles. The Kier molecular flexibility index (Phi) is 5.59. The minimum atomic E-state index is -0.850. The first-order valence-electron chi connectivity index (χ1n) is 11.4. The SMILES string of the molecule is O=C1CC(c2ccc(F)cc2)N1C1(C(=O)Nc2ccc(N3CCOCC3)cc2)CCCC1. The average molecular weight is 438 g/mol. The molecule has 2 saturated heterocycles. The van der Waals surface area contributed by atoms with Crippen LogP contribution in [0.15, 0.2) is 48.5 Å². The number of β-lactam (4-membered cyclic amide) rings is 1. The average Bonchev–Trinajstić information content (AvgIpc) is 3.29. The van der Waals surface area contributed by atoms with Gasteiger partial charge < -0.3 is 19.9 Å². The topological polar surface area (TPSA) is 61.9 Å². The minimum Gasteiger partial charge on any atom is -0.378 e. The van der Waals surface area contributed by atoms with Gasteiger partial charge in [0.1, 0.15) is 11.4 Å². The molecule has 32 heavy (non-hydrogen) atoms. The number of hydrogen-bond donors (Lipinski definition) is 1. The highest BCUT2D eigenvalue weighted by Crippen LogP contribution is 2.47. The summed E-state index contributed by atoms with van der Waals surface area (Å²) in [6.07, 6.45) is 3.46. The van der Waals surface area contributed by atoms with E-state index in [9.17, 15) is 14.0 Å². The second kappa shape index (κ2) is 8.54. The second-order valence-electron chi connectivity index (χ2n) is 8.87. The monoisotopic (exact) mass is 437 g/mol. The standard InChI is InChI=1S/C25H28FN3O3/c26-19-5-3-18(4-6-19)22-17-23(30)29(22)25(11-1-2-12-25)24(31)27-20-7-9-21(10-8-20)28-13-15-32-16-14-28/h3-10,22H,1-2,11-17H2,(H,27,31).